The van der Waals surface area contributed by atoms with Gasteiger partial charge in [-0.2, -0.15) is 0 Å². The molecule has 2 aliphatic rings. The highest BCUT2D eigenvalue weighted by Gasteiger charge is 2.25. The molecule has 0 fully saturated rings. The average molecular weight is 709 g/mol. The van der Waals surface area contributed by atoms with E-state index in [1.54, 1.807) is 0 Å². The number of nitrogens with two attached hydrogens (primary N) is 1. The summed E-state index contributed by atoms with van der Waals surface area (Å²) in [7, 11) is 0. The van der Waals surface area contributed by atoms with Gasteiger partial charge in [0.1, 0.15) is 6.17 Å². The SMILES string of the molecule is NC(N/C(=C\CC1=CC=CCC1)c1ccccc1)c1cccc2c1-c1cc(-c3ccc(-c4cc(-c5ccccc5)cc(-c5ccccc5)c4)cc3)ccc1C2. The van der Waals surface area contributed by atoms with Crippen molar-refractivity contribution >= 4 is 5.70 Å². The van der Waals surface area contributed by atoms with Gasteiger partial charge in [0.2, 0.25) is 0 Å². The van der Waals surface area contributed by atoms with Crippen LogP contribution in [0.2, 0.25) is 0 Å². The molecule has 0 radical (unpaired) electrons. The second-order valence-corrected chi connectivity index (χ2v) is 14.6. The quantitative estimate of drug-likeness (QED) is 0.139. The minimum atomic E-state index is -0.372. The van der Waals surface area contributed by atoms with Crippen LogP contribution < -0.4 is 11.1 Å². The van der Waals surface area contributed by atoms with E-state index in [0.29, 0.717) is 0 Å². The first-order chi connectivity index (χ1) is 27.2. The van der Waals surface area contributed by atoms with Gasteiger partial charge >= 0.3 is 0 Å². The fourth-order valence-corrected chi connectivity index (χ4v) is 8.13. The second kappa shape index (κ2) is 15.5. The molecule has 0 bridgehead atoms. The molecule has 0 spiro atoms. The molecule has 0 amide bonds. The van der Waals surface area contributed by atoms with Crippen LogP contribution in [0.25, 0.3) is 61.3 Å². The lowest BCUT2D eigenvalue weighted by atomic mass is 9.92. The normalized spacial score (nSPS) is 13.8. The summed E-state index contributed by atoms with van der Waals surface area (Å²) >= 11 is 0. The van der Waals surface area contributed by atoms with Crippen molar-refractivity contribution in [1.82, 2.24) is 5.32 Å². The van der Waals surface area contributed by atoms with E-state index < -0.39 is 0 Å². The fraction of sp³-hybridized carbons (Fsp3) is 0.0943. The van der Waals surface area contributed by atoms with Crippen LogP contribution in [0.1, 0.15) is 47.7 Å². The molecule has 7 aromatic carbocycles. The number of rotatable bonds is 10. The lowest BCUT2D eigenvalue weighted by Gasteiger charge is -2.22. The minimum absolute atomic E-state index is 0.372. The topological polar surface area (TPSA) is 38.0 Å². The Kier molecular flexibility index (Phi) is 9.65. The summed E-state index contributed by atoms with van der Waals surface area (Å²) in [6.45, 7) is 0. The highest BCUT2D eigenvalue weighted by molar-refractivity contribution is 5.85. The Balaban J connectivity index is 1.02. The van der Waals surface area contributed by atoms with E-state index in [4.69, 9.17) is 5.73 Å². The molecule has 0 aromatic heterocycles. The first-order valence-electron chi connectivity index (χ1n) is 19.4. The van der Waals surface area contributed by atoms with Crippen molar-refractivity contribution in [1.29, 1.82) is 0 Å². The van der Waals surface area contributed by atoms with Crippen LogP contribution in [0, 0.1) is 0 Å². The van der Waals surface area contributed by atoms with E-state index in [0.717, 1.165) is 42.5 Å². The summed E-state index contributed by atoms with van der Waals surface area (Å²) < 4.78 is 0. The monoisotopic (exact) mass is 708 g/mol. The number of hydrogen-bond acceptors (Lipinski definition) is 2. The Morgan fingerprint density at radius 2 is 1.15 bits per heavy atom. The van der Waals surface area contributed by atoms with Gasteiger partial charge in [-0.05, 0) is 128 Å². The summed E-state index contributed by atoms with van der Waals surface area (Å²) in [5.74, 6) is 0. The van der Waals surface area contributed by atoms with E-state index >= 15 is 0 Å². The van der Waals surface area contributed by atoms with Crippen LogP contribution in [-0.2, 0) is 6.42 Å². The molecule has 3 N–H and O–H groups in total. The molecule has 0 heterocycles. The van der Waals surface area contributed by atoms with Crippen molar-refractivity contribution in [2.45, 2.75) is 31.8 Å². The van der Waals surface area contributed by atoms with Crippen molar-refractivity contribution in [2.24, 2.45) is 5.73 Å². The molecular formula is C53H44N2. The molecule has 1 unspecified atom stereocenters. The maximum Gasteiger partial charge on any atom is 0.101 e. The molecule has 2 nitrogen and oxygen atoms in total. The summed E-state index contributed by atoms with van der Waals surface area (Å²) in [4.78, 5) is 0. The standard InChI is InChI=1S/C53H44N2/c54-53(55-51(42-20-11-4-12-21-42)31-24-37-14-5-1-6-15-37)49-23-13-22-45-32-44-30-29-43(36-50(44)52(45)49)40-25-27-41(28-26-40)48-34-46(38-16-7-2-8-17-38)33-47(35-48)39-18-9-3-10-19-39/h1-5,7-14,16-23,25-31,33-36,53,55H,6,15,24,32,54H2/b51-31-. The molecule has 1 atom stereocenters. The fourth-order valence-electron chi connectivity index (χ4n) is 8.13. The van der Waals surface area contributed by atoms with Crippen LogP contribution in [0.5, 0.6) is 0 Å². The van der Waals surface area contributed by atoms with Crippen LogP contribution >= 0.6 is 0 Å². The predicted molar refractivity (Wildman–Crippen MR) is 232 cm³/mol. The van der Waals surface area contributed by atoms with Crippen molar-refractivity contribution < 1.29 is 0 Å². The first kappa shape index (κ1) is 34.3. The van der Waals surface area contributed by atoms with Crippen molar-refractivity contribution in [3.8, 4) is 55.6 Å². The highest BCUT2D eigenvalue weighted by Crippen LogP contribution is 2.43. The van der Waals surface area contributed by atoms with Crippen LogP contribution in [0.15, 0.2) is 200 Å². The van der Waals surface area contributed by atoms with Gasteiger partial charge in [0.05, 0.1) is 0 Å². The van der Waals surface area contributed by atoms with E-state index in [1.807, 2.05) is 0 Å². The van der Waals surface area contributed by atoms with Gasteiger partial charge in [-0.3, -0.25) is 0 Å². The Hall–Kier alpha value is -6.48. The Morgan fingerprint density at radius 3 is 1.76 bits per heavy atom. The molecule has 0 saturated carbocycles. The molecule has 55 heavy (non-hydrogen) atoms. The van der Waals surface area contributed by atoms with Gasteiger partial charge in [0.25, 0.3) is 0 Å². The van der Waals surface area contributed by atoms with E-state index in [9.17, 15) is 0 Å². The number of fused-ring (bicyclic) bond motifs is 3. The zero-order chi connectivity index (χ0) is 37.0. The summed E-state index contributed by atoms with van der Waals surface area (Å²) in [5, 5.41) is 3.74. The van der Waals surface area contributed by atoms with Gasteiger partial charge in [-0.25, -0.2) is 0 Å². The maximum absolute atomic E-state index is 7.11. The van der Waals surface area contributed by atoms with E-state index in [1.165, 1.54) is 72.3 Å². The third-order valence-electron chi connectivity index (χ3n) is 11.0. The predicted octanol–water partition coefficient (Wildman–Crippen LogP) is 13.2. The molecule has 0 aliphatic heterocycles. The zero-order valence-electron chi connectivity index (χ0n) is 31.0. The van der Waals surface area contributed by atoms with Crippen LogP contribution in [0.4, 0.5) is 0 Å². The van der Waals surface area contributed by atoms with Crippen molar-refractivity contribution in [3.63, 3.8) is 0 Å². The van der Waals surface area contributed by atoms with Crippen molar-refractivity contribution in [3.05, 3.63) is 222 Å². The molecular weight excluding hydrogens is 665 g/mol. The first-order valence-corrected chi connectivity index (χ1v) is 19.4. The van der Waals surface area contributed by atoms with Gasteiger partial charge in [-0.15, -0.1) is 0 Å². The third-order valence-corrected chi connectivity index (χ3v) is 11.0. The molecule has 2 aliphatic carbocycles. The minimum Gasteiger partial charge on any atom is -0.366 e. The van der Waals surface area contributed by atoms with Crippen LogP contribution in [0.3, 0.4) is 0 Å². The summed E-state index contributed by atoms with van der Waals surface area (Å²) in [5.41, 5.74) is 26.8. The lowest BCUT2D eigenvalue weighted by Crippen LogP contribution is -2.28. The summed E-state index contributed by atoms with van der Waals surface area (Å²) in [6.07, 6.45) is 12.6. The Bertz CT molecular complexity index is 2490. The molecule has 266 valence electrons. The largest absolute Gasteiger partial charge is 0.366 e. The molecule has 2 heteroatoms. The molecule has 0 saturated heterocycles. The Morgan fingerprint density at radius 1 is 0.564 bits per heavy atom. The number of benzene rings is 7. The third kappa shape index (κ3) is 7.38. The average Bonchev–Trinajstić information content (AvgIpc) is 3.64. The second-order valence-electron chi connectivity index (χ2n) is 14.6. The lowest BCUT2D eigenvalue weighted by molar-refractivity contribution is 0.667. The van der Waals surface area contributed by atoms with Gasteiger partial charge in [-0.1, -0.05) is 175 Å². The van der Waals surface area contributed by atoms with Crippen molar-refractivity contribution in [2.75, 3.05) is 0 Å². The van der Waals surface area contributed by atoms with Gasteiger partial charge < -0.3 is 11.1 Å². The maximum atomic E-state index is 7.11. The van der Waals surface area contributed by atoms with Gasteiger partial charge in [0.15, 0.2) is 0 Å². The number of hydrogen-bond donors (Lipinski definition) is 2. The van der Waals surface area contributed by atoms with E-state index in [-0.39, 0.29) is 6.17 Å². The summed E-state index contributed by atoms with van der Waals surface area (Å²) in [6, 6.07) is 61.4. The van der Waals surface area contributed by atoms with Gasteiger partial charge in [0, 0.05) is 5.70 Å². The highest BCUT2D eigenvalue weighted by atomic mass is 15.0. The van der Waals surface area contributed by atoms with Crippen LogP contribution in [-0.4, -0.2) is 0 Å². The Labute approximate surface area is 325 Å². The zero-order valence-corrected chi connectivity index (χ0v) is 31.0. The molecule has 7 aromatic rings. The smallest absolute Gasteiger partial charge is 0.101 e. The number of allylic oxidation sites excluding steroid dienone is 5. The molecule has 9 rings (SSSR count). The van der Waals surface area contributed by atoms with E-state index in [2.05, 4.69) is 199 Å². The number of nitrogens with one attached hydrogen (secondary N) is 1.